The van der Waals surface area contributed by atoms with Crippen LogP contribution in [0.15, 0.2) is 91.0 Å². The average Bonchev–Trinajstić information content (AvgIpc) is 2.78. The molecule has 29 heavy (non-hydrogen) atoms. The van der Waals surface area contributed by atoms with Crippen LogP contribution in [0.2, 0.25) is 0 Å². The maximum Gasteiger partial charge on any atom is 0.119 e. The topological polar surface area (TPSA) is 9.23 Å². The molecule has 0 N–H and O–H groups in total. The maximum atomic E-state index is 5.85. The number of allylic oxidation sites excluding steroid dienone is 2. The first kappa shape index (κ1) is 21.4. The van der Waals surface area contributed by atoms with Crippen molar-refractivity contribution in [2.75, 3.05) is 11.9 Å². The minimum absolute atomic E-state index is 0.793. The second-order valence-electron chi connectivity index (χ2n) is 7.20. The summed E-state index contributed by atoms with van der Waals surface area (Å²) in [6, 6.07) is 29.9. The van der Waals surface area contributed by atoms with Crippen molar-refractivity contribution in [3.63, 3.8) is 0 Å². The molecule has 0 amide bonds. The lowest BCUT2D eigenvalue weighted by molar-refractivity contribution is 0.306. The van der Waals surface area contributed by atoms with Crippen LogP contribution in [0.3, 0.4) is 0 Å². The second-order valence-corrected chi connectivity index (χ2v) is 8.00. The van der Waals surface area contributed by atoms with Crippen LogP contribution >= 0.6 is 15.9 Å². The minimum atomic E-state index is 0.793. The monoisotopic (exact) mass is 448 g/mol. The number of halogens is 1. The highest BCUT2D eigenvalue weighted by molar-refractivity contribution is 9.09. The Morgan fingerprint density at radius 2 is 1.41 bits per heavy atom. The largest absolute Gasteiger partial charge is 0.494 e. The van der Waals surface area contributed by atoms with Gasteiger partial charge in [-0.1, -0.05) is 94.8 Å². The first-order valence-electron chi connectivity index (χ1n) is 10.4. The quantitative estimate of drug-likeness (QED) is 0.218. The third kappa shape index (κ3) is 7.55. The molecule has 3 aromatic rings. The van der Waals surface area contributed by atoms with Crippen LogP contribution in [0.25, 0.3) is 5.57 Å². The molecule has 0 aliphatic heterocycles. The van der Waals surface area contributed by atoms with Gasteiger partial charge in [0.15, 0.2) is 0 Å². The molecule has 1 nitrogen and oxygen atoms in total. The molecule has 0 saturated carbocycles. The Hall–Kier alpha value is -2.32. The third-order valence-corrected chi connectivity index (χ3v) is 5.50. The highest BCUT2D eigenvalue weighted by Gasteiger charge is 2.04. The van der Waals surface area contributed by atoms with Crippen LogP contribution in [0, 0.1) is 0 Å². The predicted octanol–water partition coefficient (Wildman–Crippen LogP) is 7.50. The zero-order chi connectivity index (χ0) is 20.2. The molecule has 150 valence electrons. The van der Waals surface area contributed by atoms with Crippen LogP contribution in [0.1, 0.15) is 36.0 Å². The molecule has 0 atom stereocenters. The smallest absolute Gasteiger partial charge is 0.119 e. The fraction of sp³-hybridized carbons (Fsp3) is 0.259. The molecule has 0 aliphatic rings. The van der Waals surface area contributed by atoms with Gasteiger partial charge in [0.05, 0.1) is 6.61 Å². The third-order valence-electron chi connectivity index (χ3n) is 4.94. The Bertz CT molecular complexity index is 854. The molecule has 0 spiro atoms. The van der Waals surface area contributed by atoms with Crippen LogP contribution in [-0.4, -0.2) is 11.9 Å². The first-order chi connectivity index (χ1) is 14.3. The molecule has 0 bridgehead atoms. The summed E-state index contributed by atoms with van der Waals surface area (Å²) in [6.07, 6.45) is 7.75. The molecule has 3 aromatic carbocycles. The van der Waals surface area contributed by atoms with E-state index in [0.717, 1.165) is 36.9 Å². The van der Waals surface area contributed by atoms with E-state index in [4.69, 9.17) is 4.74 Å². The Morgan fingerprint density at radius 1 is 0.724 bits per heavy atom. The highest BCUT2D eigenvalue weighted by Crippen LogP contribution is 2.21. The number of benzene rings is 3. The lowest BCUT2D eigenvalue weighted by Crippen LogP contribution is -1.97. The van der Waals surface area contributed by atoms with Gasteiger partial charge in [0, 0.05) is 5.33 Å². The van der Waals surface area contributed by atoms with Gasteiger partial charge in [0.2, 0.25) is 0 Å². The van der Waals surface area contributed by atoms with E-state index in [1.165, 1.54) is 35.1 Å². The van der Waals surface area contributed by atoms with Crippen LogP contribution in [0.5, 0.6) is 5.75 Å². The SMILES string of the molecule is BrCCCCCOc1ccc(C/C=C(\Cc2ccccc2)c2ccccc2)cc1. The van der Waals surface area contributed by atoms with Crippen molar-refractivity contribution in [2.45, 2.75) is 32.1 Å². The minimum Gasteiger partial charge on any atom is -0.494 e. The van der Waals surface area contributed by atoms with Crippen molar-refractivity contribution < 1.29 is 4.74 Å². The molecule has 0 radical (unpaired) electrons. The van der Waals surface area contributed by atoms with Gasteiger partial charge >= 0.3 is 0 Å². The molecule has 3 rings (SSSR count). The van der Waals surface area contributed by atoms with Gasteiger partial charge in [0.25, 0.3) is 0 Å². The van der Waals surface area contributed by atoms with Gasteiger partial charge in [-0.2, -0.15) is 0 Å². The average molecular weight is 449 g/mol. The molecule has 0 unspecified atom stereocenters. The van der Waals surface area contributed by atoms with E-state index < -0.39 is 0 Å². The van der Waals surface area contributed by atoms with Crippen molar-refractivity contribution in [3.8, 4) is 5.75 Å². The van der Waals surface area contributed by atoms with E-state index in [-0.39, 0.29) is 0 Å². The Balaban J connectivity index is 1.62. The van der Waals surface area contributed by atoms with Crippen LogP contribution in [0.4, 0.5) is 0 Å². The molecular formula is C27H29BrO. The van der Waals surface area contributed by atoms with E-state index in [2.05, 4.69) is 107 Å². The van der Waals surface area contributed by atoms with Gasteiger partial charge in [-0.25, -0.2) is 0 Å². The van der Waals surface area contributed by atoms with E-state index in [1.54, 1.807) is 0 Å². The first-order valence-corrected chi connectivity index (χ1v) is 11.5. The Kier molecular flexibility index (Phi) is 9.06. The number of hydrogen-bond donors (Lipinski definition) is 0. The normalized spacial score (nSPS) is 11.4. The maximum absolute atomic E-state index is 5.85. The van der Waals surface area contributed by atoms with E-state index in [0.29, 0.717) is 0 Å². The number of hydrogen-bond acceptors (Lipinski definition) is 1. The van der Waals surface area contributed by atoms with Crippen LogP contribution < -0.4 is 4.74 Å². The van der Waals surface area contributed by atoms with Crippen molar-refractivity contribution in [1.29, 1.82) is 0 Å². The Labute approximate surface area is 183 Å². The lowest BCUT2D eigenvalue weighted by Gasteiger charge is -2.10. The molecular weight excluding hydrogens is 420 g/mol. The second kappa shape index (κ2) is 12.3. The summed E-state index contributed by atoms with van der Waals surface area (Å²) in [5.74, 6) is 0.962. The van der Waals surface area contributed by atoms with Gasteiger partial charge in [-0.05, 0) is 66.5 Å². The van der Waals surface area contributed by atoms with Crippen molar-refractivity contribution in [2.24, 2.45) is 0 Å². The summed E-state index contributed by atoms with van der Waals surface area (Å²) >= 11 is 3.47. The summed E-state index contributed by atoms with van der Waals surface area (Å²) in [7, 11) is 0. The van der Waals surface area contributed by atoms with Crippen molar-refractivity contribution in [3.05, 3.63) is 108 Å². The molecule has 0 aliphatic carbocycles. The summed E-state index contributed by atoms with van der Waals surface area (Å²) in [4.78, 5) is 0. The standard InChI is InChI=1S/C27H29BrO/c28-20-8-3-9-21-29-27-18-15-23(16-19-27)14-17-26(25-12-6-2-7-13-25)22-24-10-4-1-5-11-24/h1-2,4-7,10-13,15-19H,3,8-9,14,20-22H2/b26-17+. The fourth-order valence-electron chi connectivity index (χ4n) is 3.29. The fourth-order valence-corrected chi connectivity index (χ4v) is 3.68. The Morgan fingerprint density at radius 3 is 2.10 bits per heavy atom. The summed E-state index contributed by atoms with van der Waals surface area (Å²) < 4.78 is 5.85. The van der Waals surface area contributed by atoms with Gasteiger partial charge in [-0.15, -0.1) is 0 Å². The highest BCUT2D eigenvalue weighted by atomic mass is 79.9. The van der Waals surface area contributed by atoms with Crippen molar-refractivity contribution in [1.82, 2.24) is 0 Å². The number of rotatable bonds is 11. The number of alkyl halides is 1. The number of unbranched alkanes of at least 4 members (excludes halogenated alkanes) is 2. The molecule has 0 aromatic heterocycles. The molecule has 0 saturated heterocycles. The zero-order valence-corrected chi connectivity index (χ0v) is 18.5. The lowest BCUT2D eigenvalue weighted by atomic mass is 9.96. The summed E-state index contributed by atoms with van der Waals surface area (Å²) in [5, 5.41) is 1.07. The van der Waals surface area contributed by atoms with Crippen LogP contribution in [-0.2, 0) is 12.8 Å². The zero-order valence-electron chi connectivity index (χ0n) is 16.9. The van der Waals surface area contributed by atoms with E-state index in [9.17, 15) is 0 Å². The van der Waals surface area contributed by atoms with Gasteiger partial charge in [-0.3, -0.25) is 0 Å². The molecule has 2 heteroatoms. The van der Waals surface area contributed by atoms with Crippen molar-refractivity contribution >= 4 is 21.5 Å². The summed E-state index contributed by atoms with van der Waals surface area (Å²) in [6.45, 7) is 0.793. The van der Waals surface area contributed by atoms with Gasteiger partial charge in [0.1, 0.15) is 5.75 Å². The summed E-state index contributed by atoms with van der Waals surface area (Å²) in [5.41, 5.74) is 5.30. The molecule has 0 fully saturated rings. The van der Waals surface area contributed by atoms with Gasteiger partial charge < -0.3 is 4.74 Å². The predicted molar refractivity (Wildman–Crippen MR) is 128 cm³/mol. The van der Waals surface area contributed by atoms with E-state index in [1.807, 2.05) is 0 Å². The number of ether oxygens (including phenoxy) is 1. The van der Waals surface area contributed by atoms with E-state index >= 15 is 0 Å². The molecule has 0 heterocycles.